The summed E-state index contributed by atoms with van der Waals surface area (Å²) in [5.74, 6) is -56.4. The molecule has 0 aromatic rings. The van der Waals surface area contributed by atoms with Crippen molar-refractivity contribution < 1.29 is 84.2 Å². The molecule has 0 unspecified atom stereocenters. The van der Waals surface area contributed by atoms with Crippen LogP contribution in [0.5, 0.6) is 0 Å². The molecule has 0 aliphatic rings. The second kappa shape index (κ2) is 12.4. The molecular formula is C20H23F17O2. The smallest absolute Gasteiger partial charge is 0.460 e. The molecule has 0 fully saturated rings. The molecule has 0 saturated heterocycles. The molecule has 0 saturated carbocycles. The number of alkyl halides is 17. The van der Waals surface area contributed by atoms with E-state index < -0.39 is 72.9 Å². The molecule has 0 aromatic heterocycles. The molecule has 0 aromatic carbocycles. The third-order valence-corrected chi connectivity index (χ3v) is 5.64. The first-order chi connectivity index (χ1) is 17.2. The summed E-state index contributed by atoms with van der Waals surface area (Å²) in [7, 11) is 1.17. The van der Waals surface area contributed by atoms with E-state index in [-0.39, 0.29) is 19.3 Å². The van der Waals surface area contributed by atoms with Crippen LogP contribution in [0.25, 0.3) is 0 Å². The summed E-state index contributed by atoms with van der Waals surface area (Å²) in [5, 5.41) is 0. The van der Waals surface area contributed by atoms with E-state index in [1.54, 1.807) is 0 Å². The molecule has 0 N–H and O–H groups in total. The number of carbonyl (C=O) groups excluding carboxylic acids is 1. The molecule has 0 amide bonds. The number of hydrogen-bond donors (Lipinski definition) is 0. The van der Waals surface area contributed by atoms with Crippen molar-refractivity contribution in [3.05, 3.63) is 0 Å². The Labute approximate surface area is 210 Å². The van der Waals surface area contributed by atoms with Crippen molar-refractivity contribution in [2.75, 3.05) is 7.11 Å². The Balaban J connectivity index is 5.40. The van der Waals surface area contributed by atoms with Crippen molar-refractivity contribution in [1.29, 1.82) is 0 Å². The molecule has 0 radical (unpaired) electrons. The molecule has 0 aliphatic carbocycles. The fourth-order valence-electron chi connectivity index (χ4n) is 3.13. The Morgan fingerprint density at radius 2 is 0.769 bits per heavy atom. The fraction of sp³-hybridized carbons (Fsp3) is 0.950. The molecule has 0 spiro atoms. The standard InChI is InChI=1S/C20H23F17O2/c1-39-12(38)10-8-6-4-2-3-5-7-9-11-13(21,22)14(23,24)15(25,26)16(27,28)17(29,30)18(31,32)19(33,34)20(35,36)37/h2-11H2,1H3. The summed E-state index contributed by atoms with van der Waals surface area (Å²) in [4.78, 5) is 10.9. The minimum Gasteiger partial charge on any atom is -0.469 e. The van der Waals surface area contributed by atoms with Crippen LogP contribution in [-0.4, -0.2) is 60.7 Å². The lowest BCUT2D eigenvalue weighted by atomic mass is 9.87. The van der Waals surface area contributed by atoms with Gasteiger partial charge in [0.2, 0.25) is 0 Å². The minimum absolute atomic E-state index is 0.00201. The predicted molar refractivity (Wildman–Crippen MR) is 98.9 cm³/mol. The van der Waals surface area contributed by atoms with E-state index in [4.69, 9.17) is 0 Å². The number of halogens is 17. The summed E-state index contributed by atoms with van der Waals surface area (Å²) < 4.78 is 229. The molecule has 0 bridgehead atoms. The summed E-state index contributed by atoms with van der Waals surface area (Å²) in [5.41, 5.74) is 0. The second-order valence-electron chi connectivity index (χ2n) is 8.55. The van der Waals surface area contributed by atoms with Gasteiger partial charge >= 0.3 is 53.6 Å². The Hall–Kier alpha value is -1.72. The van der Waals surface area contributed by atoms with Gasteiger partial charge in [-0.05, 0) is 12.8 Å². The molecular weight excluding hydrogens is 595 g/mol. The molecule has 234 valence electrons. The molecule has 0 rings (SSSR count). The number of unbranched alkanes of at least 4 members (excludes halogenated alkanes) is 7. The monoisotopic (exact) mass is 618 g/mol. The maximum absolute atomic E-state index is 13.8. The van der Waals surface area contributed by atoms with Crippen LogP contribution in [0.2, 0.25) is 0 Å². The van der Waals surface area contributed by atoms with Gasteiger partial charge in [-0.15, -0.1) is 0 Å². The van der Waals surface area contributed by atoms with Crippen LogP contribution >= 0.6 is 0 Å². The van der Waals surface area contributed by atoms with Crippen LogP contribution in [0.4, 0.5) is 74.6 Å². The Morgan fingerprint density at radius 3 is 1.13 bits per heavy atom. The normalized spacial score (nSPS) is 15.0. The zero-order chi connectivity index (χ0) is 31.4. The van der Waals surface area contributed by atoms with Gasteiger partial charge in [0.15, 0.2) is 0 Å². The summed E-state index contributed by atoms with van der Waals surface area (Å²) >= 11 is 0. The van der Waals surface area contributed by atoms with Gasteiger partial charge in [0, 0.05) is 12.8 Å². The Morgan fingerprint density at radius 1 is 0.462 bits per heavy atom. The topological polar surface area (TPSA) is 26.3 Å². The Kier molecular flexibility index (Phi) is 11.9. The van der Waals surface area contributed by atoms with Crippen LogP contribution in [-0.2, 0) is 9.53 Å². The van der Waals surface area contributed by atoms with Crippen molar-refractivity contribution >= 4 is 5.97 Å². The van der Waals surface area contributed by atoms with Crippen molar-refractivity contribution in [2.45, 2.75) is 112 Å². The number of hydrogen-bond acceptors (Lipinski definition) is 2. The van der Waals surface area contributed by atoms with Crippen molar-refractivity contribution in [3.8, 4) is 0 Å². The average Bonchev–Trinajstić information content (AvgIpc) is 2.78. The van der Waals surface area contributed by atoms with Gasteiger partial charge in [0.05, 0.1) is 7.11 Å². The van der Waals surface area contributed by atoms with Gasteiger partial charge in [0.25, 0.3) is 0 Å². The molecule has 0 aliphatic heterocycles. The molecule has 0 heterocycles. The fourth-order valence-corrected chi connectivity index (χ4v) is 3.13. The lowest BCUT2D eigenvalue weighted by Crippen LogP contribution is -2.74. The van der Waals surface area contributed by atoms with E-state index in [9.17, 15) is 79.4 Å². The van der Waals surface area contributed by atoms with E-state index in [2.05, 4.69) is 4.74 Å². The summed E-state index contributed by atoms with van der Waals surface area (Å²) in [6.45, 7) is 0. The summed E-state index contributed by atoms with van der Waals surface area (Å²) in [6.07, 6.45) is -9.32. The third kappa shape index (κ3) is 7.14. The quantitative estimate of drug-likeness (QED) is 0.0924. The van der Waals surface area contributed by atoms with Crippen LogP contribution in [0.3, 0.4) is 0 Å². The second-order valence-corrected chi connectivity index (χ2v) is 8.55. The average molecular weight is 618 g/mol. The first kappa shape index (κ1) is 37.3. The van der Waals surface area contributed by atoms with Crippen molar-refractivity contribution in [3.63, 3.8) is 0 Å². The SMILES string of the molecule is COC(=O)CCCCCCCCCCC(F)(F)C(F)(F)C(F)(F)C(F)(F)C(F)(F)C(F)(F)C(F)(F)C(F)(F)F. The number of esters is 1. The number of ether oxygens (including phenoxy) is 1. The first-order valence-corrected chi connectivity index (χ1v) is 11.0. The van der Waals surface area contributed by atoms with E-state index in [0.29, 0.717) is 25.7 Å². The van der Waals surface area contributed by atoms with Gasteiger partial charge in [0.1, 0.15) is 0 Å². The van der Waals surface area contributed by atoms with Gasteiger partial charge in [-0.25, -0.2) is 0 Å². The van der Waals surface area contributed by atoms with Crippen molar-refractivity contribution in [2.24, 2.45) is 0 Å². The highest BCUT2D eigenvalue weighted by molar-refractivity contribution is 5.68. The zero-order valence-corrected chi connectivity index (χ0v) is 19.8. The maximum Gasteiger partial charge on any atom is 0.460 e. The van der Waals surface area contributed by atoms with Crippen molar-refractivity contribution in [1.82, 2.24) is 0 Å². The van der Waals surface area contributed by atoms with E-state index in [1.165, 1.54) is 7.11 Å². The molecule has 0 atom stereocenters. The molecule has 39 heavy (non-hydrogen) atoms. The largest absolute Gasteiger partial charge is 0.469 e. The number of methoxy groups -OCH3 is 1. The zero-order valence-electron chi connectivity index (χ0n) is 19.8. The highest BCUT2D eigenvalue weighted by Gasteiger charge is 2.95. The van der Waals surface area contributed by atoms with Crippen LogP contribution in [0.15, 0.2) is 0 Å². The van der Waals surface area contributed by atoms with Crippen LogP contribution < -0.4 is 0 Å². The van der Waals surface area contributed by atoms with E-state index in [0.717, 1.165) is 0 Å². The van der Waals surface area contributed by atoms with Gasteiger partial charge in [-0.2, -0.15) is 74.6 Å². The van der Waals surface area contributed by atoms with Crippen LogP contribution in [0.1, 0.15) is 64.2 Å². The highest BCUT2D eigenvalue weighted by atomic mass is 19.4. The molecule has 2 nitrogen and oxygen atoms in total. The lowest BCUT2D eigenvalue weighted by Gasteiger charge is -2.42. The first-order valence-electron chi connectivity index (χ1n) is 11.0. The predicted octanol–water partition coefficient (Wildman–Crippen LogP) is 9.07. The van der Waals surface area contributed by atoms with E-state index in [1.807, 2.05) is 0 Å². The van der Waals surface area contributed by atoms with Gasteiger partial charge in [-0.3, -0.25) is 4.79 Å². The lowest BCUT2D eigenvalue weighted by molar-refractivity contribution is -0.461. The molecule has 19 heteroatoms. The maximum atomic E-state index is 13.8. The van der Waals surface area contributed by atoms with Crippen LogP contribution in [0, 0.1) is 0 Å². The number of carbonyl (C=O) groups is 1. The van der Waals surface area contributed by atoms with Gasteiger partial charge < -0.3 is 4.74 Å². The third-order valence-electron chi connectivity index (χ3n) is 5.64. The highest BCUT2D eigenvalue weighted by Crippen LogP contribution is 2.64. The minimum atomic E-state index is -8.60. The summed E-state index contributed by atoms with van der Waals surface area (Å²) in [6, 6.07) is 0. The van der Waals surface area contributed by atoms with Gasteiger partial charge in [-0.1, -0.05) is 38.5 Å². The Bertz CT molecular complexity index is 790. The number of rotatable bonds is 17. The van der Waals surface area contributed by atoms with E-state index >= 15 is 0 Å².